The number of hydrogen-bond donors (Lipinski definition) is 2. The first-order valence-electron chi connectivity index (χ1n) is 13.4. The predicted octanol–water partition coefficient (Wildman–Crippen LogP) is 4.21. The summed E-state index contributed by atoms with van der Waals surface area (Å²) in [6, 6.07) is 18.2. The molecule has 0 radical (unpaired) electrons. The van der Waals surface area contributed by atoms with Gasteiger partial charge in [-0.05, 0) is 74.0 Å². The number of hydrogen-bond acceptors (Lipinski definition) is 8. The molecule has 11 nitrogen and oxygen atoms in total. The molecule has 0 fully saturated rings. The molecule has 2 aromatic carbocycles. The largest absolute Gasteiger partial charge is 0.378 e. The Morgan fingerprint density at radius 2 is 1.86 bits per heavy atom. The Hall–Kier alpha value is -5.32. The number of imidazole rings is 1. The standard InChI is InChI=1S/C31H33N7O4/c1-5-21(2)27(40)15-17-38(28-8-6-7-16-33-28)31(41)23-11-14-26-25(18-23)35-29(37(26)4)19-34-24-12-9-22(10-13-24)30(32-3)36-42-20-39/h5-14,16,18,20,34H,15,17,19H2,1-4H3,(H,32,36)/b21-5+. The molecule has 42 heavy (non-hydrogen) atoms. The van der Waals surface area contributed by atoms with Crippen LogP contribution in [0.2, 0.25) is 0 Å². The van der Waals surface area contributed by atoms with Crippen molar-refractivity contribution in [3.8, 4) is 0 Å². The molecule has 0 saturated heterocycles. The van der Waals surface area contributed by atoms with Crippen LogP contribution in [0, 0.1) is 0 Å². The number of aromatic nitrogens is 3. The Bertz CT molecular complexity index is 1630. The Morgan fingerprint density at radius 3 is 2.52 bits per heavy atom. The van der Waals surface area contributed by atoms with Gasteiger partial charge in [-0.25, -0.2) is 15.4 Å². The Morgan fingerprint density at radius 1 is 1.10 bits per heavy atom. The zero-order valence-electron chi connectivity index (χ0n) is 24.0. The van der Waals surface area contributed by atoms with Gasteiger partial charge in [0.2, 0.25) is 0 Å². The summed E-state index contributed by atoms with van der Waals surface area (Å²) in [5, 5.41) is 3.36. The summed E-state index contributed by atoms with van der Waals surface area (Å²) >= 11 is 0. The molecule has 0 unspecified atom stereocenters. The highest BCUT2D eigenvalue weighted by Gasteiger charge is 2.21. The molecule has 0 atom stereocenters. The van der Waals surface area contributed by atoms with Crippen LogP contribution in [-0.2, 0) is 28.0 Å². The van der Waals surface area contributed by atoms with Gasteiger partial charge in [-0.15, -0.1) is 0 Å². The molecular formula is C31H33N7O4. The molecule has 2 aromatic heterocycles. The smallest absolute Gasteiger partial charge is 0.320 e. The number of aryl methyl sites for hydroxylation is 1. The van der Waals surface area contributed by atoms with E-state index in [-0.39, 0.29) is 24.7 Å². The van der Waals surface area contributed by atoms with E-state index in [9.17, 15) is 14.4 Å². The lowest BCUT2D eigenvalue weighted by Crippen LogP contribution is -2.33. The van der Waals surface area contributed by atoms with Crippen LogP contribution in [0.1, 0.15) is 42.0 Å². The van der Waals surface area contributed by atoms with Crippen LogP contribution in [0.25, 0.3) is 11.0 Å². The van der Waals surface area contributed by atoms with Crippen molar-refractivity contribution in [3.05, 3.63) is 95.5 Å². The van der Waals surface area contributed by atoms with Crippen molar-refractivity contribution >= 4 is 46.5 Å². The van der Waals surface area contributed by atoms with Gasteiger partial charge >= 0.3 is 6.47 Å². The third-order valence-electron chi connectivity index (χ3n) is 6.86. The number of pyridine rings is 1. The second kappa shape index (κ2) is 13.8. The molecule has 4 aromatic rings. The quantitative estimate of drug-likeness (QED) is 0.0856. The number of amidine groups is 1. The van der Waals surface area contributed by atoms with Gasteiger partial charge in [-0.1, -0.05) is 12.1 Å². The zero-order valence-corrected chi connectivity index (χ0v) is 24.0. The van der Waals surface area contributed by atoms with Gasteiger partial charge in [0.05, 0.1) is 17.6 Å². The van der Waals surface area contributed by atoms with Gasteiger partial charge in [-0.2, -0.15) is 0 Å². The fourth-order valence-electron chi connectivity index (χ4n) is 4.34. The molecule has 0 bridgehead atoms. The maximum Gasteiger partial charge on any atom is 0.320 e. The molecule has 0 aliphatic rings. The minimum atomic E-state index is -0.255. The summed E-state index contributed by atoms with van der Waals surface area (Å²) in [6.45, 7) is 4.54. The van der Waals surface area contributed by atoms with Gasteiger partial charge < -0.3 is 14.7 Å². The molecule has 0 aliphatic heterocycles. The number of aliphatic imine (C=N–C) groups is 1. The van der Waals surface area contributed by atoms with Crippen LogP contribution in [0.4, 0.5) is 11.5 Å². The Kier molecular flexibility index (Phi) is 9.77. The SMILES string of the molecule is C/C=C(\C)C(=O)CCN(C(=O)c1ccc2c(c1)nc(CNc1ccc(C(=NC)NOC=O)cc1)n2C)c1ccccn1. The van der Waals surface area contributed by atoms with Crippen molar-refractivity contribution in [2.45, 2.75) is 26.8 Å². The second-order valence-electron chi connectivity index (χ2n) is 9.40. The van der Waals surface area contributed by atoms with E-state index in [1.807, 2.05) is 54.9 Å². The molecule has 2 N–H and O–H groups in total. The molecule has 1 amide bonds. The number of anilines is 2. The van der Waals surface area contributed by atoms with Crippen molar-refractivity contribution in [1.82, 2.24) is 20.0 Å². The van der Waals surface area contributed by atoms with Crippen LogP contribution in [0.15, 0.2) is 83.5 Å². The first-order valence-corrected chi connectivity index (χ1v) is 13.4. The summed E-state index contributed by atoms with van der Waals surface area (Å²) < 4.78 is 1.97. The van der Waals surface area contributed by atoms with Crippen molar-refractivity contribution in [1.29, 1.82) is 0 Å². The molecule has 0 saturated carbocycles. The third-order valence-corrected chi connectivity index (χ3v) is 6.86. The molecule has 0 spiro atoms. The number of benzene rings is 2. The number of allylic oxidation sites excluding steroid dienone is 2. The average Bonchev–Trinajstić information content (AvgIpc) is 3.35. The zero-order chi connectivity index (χ0) is 30.1. The summed E-state index contributed by atoms with van der Waals surface area (Å²) in [4.78, 5) is 55.9. The van der Waals surface area contributed by atoms with Gasteiger partial charge in [-0.3, -0.25) is 24.3 Å². The van der Waals surface area contributed by atoms with E-state index in [0.717, 1.165) is 22.6 Å². The second-order valence-corrected chi connectivity index (χ2v) is 9.40. The Labute approximate surface area is 243 Å². The van der Waals surface area contributed by atoms with Crippen molar-refractivity contribution in [3.63, 3.8) is 0 Å². The molecular weight excluding hydrogens is 534 g/mol. The van der Waals surface area contributed by atoms with Crippen LogP contribution in [0.5, 0.6) is 0 Å². The van der Waals surface area contributed by atoms with Crippen LogP contribution in [0.3, 0.4) is 0 Å². The molecule has 2 heterocycles. The highest BCUT2D eigenvalue weighted by atomic mass is 16.7. The summed E-state index contributed by atoms with van der Waals surface area (Å²) in [5.74, 6) is 1.42. The normalized spacial score (nSPS) is 11.7. The monoisotopic (exact) mass is 567 g/mol. The number of carbonyl (C=O) groups is 3. The third kappa shape index (κ3) is 6.87. The van der Waals surface area contributed by atoms with E-state index in [2.05, 4.69) is 25.6 Å². The minimum absolute atomic E-state index is 0.0132. The molecule has 216 valence electrons. The predicted molar refractivity (Wildman–Crippen MR) is 162 cm³/mol. The first-order chi connectivity index (χ1) is 20.4. The highest BCUT2D eigenvalue weighted by Crippen LogP contribution is 2.21. The molecule has 0 aliphatic carbocycles. The van der Waals surface area contributed by atoms with Crippen molar-refractivity contribution < 1.29 is 19.2 Å². The lowest BCUT2D eigenvalue weighted by molar-refractivity contribution is -0.132. The van der Waals surface area contributed by atoms with E-state index >= 15 is 0 Å². The van der Waals surface area contributed by atoms with E-state index in [4.69, 9.17) is 4.98 Å². The first kappa shape index (κ1) is 29.7. The number of carbonyl (C=O) groups excluding carboxylic acids is 3. The molecule has 4 rings (SSSR count). The van der Waals surface area contributed by atoms with Gasteiger partial charge in [0.1, 0.15) is 11.6 Å². The van der Waals surface area contributed by atoms with E-state index in [1.54, 1.807) is 50.5 Å². The summed E-state index contributed by atoms with van der Waals surface area (Å²) in [6.07, 6.45) is 3.59. The number of amides is 1. The average molecular weight is 568 g/mol. The van der Waals surface area contributed by atoms with Crippen molar-refractivity contribution in [2.24, 2.45) is 12.0 Å². The number of nitrogens with one attached hydrogen (secondary N) is 2. The van der Waals surface area contributed by atoms with Gasteiger partial charge in [0, 0.05) is 50.1 Å². The summed E-state index contributed by atoms with van der Waals surface area (Å²) in [5.41, 5.74) is 6.78. The lowest BCUT2D eigenvalue weighted by atomic mass is 10.1. The van der Waals surface area contributed by atoms with E-state index in [0.29, 0.717) is 41.3 Å². The van der Waals surface area contributed by atoms with Gasteiger partial charge in [0.25, 0.3) is 5.91 Å². The van der Waals surface area contributed by atoms with Gasteiger partial charge in [0.15, 0.2) is 11.6 Å². The fraction of sp³-hybridized carbons (Fsp3) is 0.226. The van der Waals surface area contributed by atoms with Crippen LogP contribution < -0.4 is 15.7 Å². The Balaban J connectivity index is 1.51. The van der Waals surface area contributed by atoms with E-state index in [1.165, 1.54) is 4.90 Å². The minimum Gasteiger partial charge on any atom is -0.378 e. The van der Waals surface area contributed by atoms with Crippen LogP contribution >= 0.6 is 0 Å². The number of nitrogens with zero attached hydrogens (tertiary/aromatic N) is 5. The fourth-order valence-corrected chi connectivity index (χ4v) is 4.34. The number of hydroxylamine groups is 1. The lowest BCUT2D eigenvalue weighted by Gasteiger charge is -2.21. The maximum absolute atomic E-state index is 13.7. The number of fused-ring (bicyclic) bond motifs is 1. The highest BCUT2D eigenvalue weighted by molar-refractivity contribution is 6.07. The number of rotatable bonds is 12. The van der Waals surface area contributed by atoms with Crippen LogP contribution in [-0.4, -0.2) is 52.1 Å². The number of Topliss-reactive ketones (excluding diaryl/α,β-unsaturated/α-hetero) is 1. The van der Waals surface area contributed by atoms with Crippen molar-refractivity contribution in [2.75, 3.05) is 23.8 Å². The summed E-state index contributed by atoms with van der Waals surface area (Å²) in [7, 11) is 3.52. The topological polar surface area (TPSA) is 131 Å². The van der Waals surface area contributed by atoms with E-state index < -0.39 is 0 Å². The number of ketones is 1. The molecule has 11 heteroatoms. The maximum atomic E-state index is 13.7.